The van der Waals surface area contributed by atoms with E-state index in [0.717, 1.165) is 25.1 Å². The first-order chi connectivity index (χ1) is 11.8. The molecule has 2 aromatic heterocycles. The second-order valence-electron chi connectivity index (χ2n) is 5.84. The fourth-order valence-corrected chi connectivity index (χ4v) is 3.12. The molecule has 24 heavy (non-hydrogen) atoms. The van der Waals surface area contributed by atoms with E-state index in [1.54, 1.807) is 12.5 Å². The molecular weight excluding hydrogens is 306 g/mol. The van der Waals surface area contributed by atoms with E-state index in [1.165, 1.54) is 0 Å². The Hall–Kier alpha value is -3.03. The summed E-state index contributed by atoms with van der Waals surface area (Å²) in [5, 5.41) is 14.2. The average molecular weight is 323 g/mol. The van der Waals surface area contributed by atoms with Crippen LogP contribution in [0.15, 0.2) is 42.9 Å². The molecule has 0 saturated carbocycles. The Morgan fingerprint density at radius 2 is 2.12 bits per heavy atom. The molecule has 8 heteroatoms. The number of rotatable bonds is 3. The Balaban J connectivity index is 1.57. The predicted octanol–water partition coefficient (Wildman–Crippen LogP) is 1.41. The van der Waals surface area contributed by atoms with Crippen LogP contribution in [0.5, 0.6) is 0 Å². The summed E-state index contributed by atoms with van der Waals surface area (Å²) in [6.45, 7) is 1.32. The maximum atomic E-state index is 13.0. The van der Waals surface area contributed by atoms with Crippen molar-refractivity contribution in [2.24, 2.45) is 0 Å². The molecule has 122 valence electrons. The van der Waals surface area contributed by atoms with E-state index in [0.29, 0.717) is 18.1 Å². The summed E-state index contributed by atoms with van der Waals surface area (Å²) in [6.07, 6.45) is 5.17. The number of piperidine rings is 1. The third kappa shape index (κ3) is 2.66. The minimum atomic E-state index is -0.0236. The van der Waals surface area contributed by atoms with Crippen molar-refractivity contribution in [1.29, 1.82) is 0 Å². The summed E-state index contributed by atoms with van der Waals surface area (Å²) in [7, 11) is 0. The molecule has 1 saturated heterocycles. The van der Waals surface area contributed by atoms with Gasteiger partial charge in [-0.25, -0.2) is 4.98 Å². The van der Waals surface area contributed by atoms with Crippen LogP contribution in [0.4, 0.5) is 0 Å². The van der Waals surface area contributed by atoms with Crippen LogP contribution in [0.1, 0.15) is 35.1 Å². The molecule has 1 aliphatic heterocycles. The number of nitrogens with zero attached hydrogens (tertiary/aromatic N) is 6. The van der Waals surface area contributed by atoms with Gasteiger partial charge < -0.3 is 4.90 Å². The minimum Gasteiger partial charge on any atom is -0.337 e. The van der Waals surface area contributed by atoms with Gasteiger partial charge in [0.2, 0.25) is 0 Å². The maximum Gasteiger partial charge on any atom is 0.272 e. The molecule has 0 spiro atoms. The molecule has 1 aliphatic rings. The highest BCUT2D eigenvalue weighted by atomic mass is 16.2. The zero-order valence-electron chi connectivity index (χ0n) is 13.0. The van der Waals surface area contributed by atoms with Crippen LogP contribution in [-0.2, 0) is 0 Å². The Kier molecular flexibility index (Phi) is 3.78. The number of aromatic amines is 1. The molecule has 1 aromatic carbocycles. The van der Waals surface area contributed by atoms with Crippen molar-refractivity contribution in [3.8, 4) is 5.69 Å². The van der Waals surface area contributed by atoms with Crippen molar-refractivity contribution in [3.63, 3.8) is 0 Å². The monoisotopic (exact) mass is 323 g/mol. The second-order valence-corrected chi connectivity index (χ2v) is 5.84. The molecule has 0 aliphatic carbocycles. The third-order valence-electron chi connectivity index (χ3n) is 4.33. The van der Waals surface area contributed by atoms with Gasteiger partial charge in [0.05, 0.1) is 12.5 Å². The van der Waals surface area contributed by atoms with Gasteiger partial charge in [0, 0.05) is 24.7 Å². The smallest absolute Gasteiger partial charge is 0.272 e. The van der Waals surface area contributed by atoms with Gasteiger partial charge >= 0.3 is 0 Å². The first-order valence-corrected chi connectivity index (χ1v) is 7.93. The summed E-state index contributed by atoms with van der Waals surface area (Å²) in [5.41, 5.74) is 1.49. The van der Waals surface area contributed by atoms with Gasteiger partial charge in [-0.05, 0) is 25.0 Å². The van der Waals surface area contributed by atoms with Crippen molar-refractivity contribution in [1.82, 2.24) is 35.1 Å². The van der Waals surface area contributed by atoms with Crippen molar-refractivity contribution >= 4 is 5.91 Å². The highest BCUT2D eigenvalue weighted by Gasteiger charge is 2.29. The second kappa shape index (κ2) is 6.23. The summed E-state index contributed by atoms with van der Waals surface area (Å²) in [5.74, 6) is 0.767. The number of para-hydroxylation sites is 1. The topological polar surface area (TPSA) is 92.6 Å². The molecule has 1 amide bonds. The number of hydrogen-bond acceptors (Lipinski definition) is 5. The number of amides is 1. The predicted molar refractivity (Wildman–Crippen MR) is 85.6 cm³/mol. The van der Waals surface area contributed by atoms with E-state index in [-0.39, 0.29) is 11.8 Å². The molecule has 8 nitrogen and oxygen atoms in total. The molecule has 0 radical (unpaired) electrons. The fraction of sp³-hybridized carbons (Fsp3) is 0.312. The van der Waals surface area contributed by atoms with Gasteiger partial charge in [-0.2, -0.15) is 5.21 Å². The van der Waals surface area contributed by atoms with Gasteiger partial charge in [-0.3, -0.25) is 9.36 Å². The lowest BCUT2D eigenvalue weighted by atomic mass is 9.97. The molecule has 1 atom stereocenters. The van der Waals surface area contributed by atoms with Crippen molar-refractivity contribution in [3.05, 3.63) is 54.4 Å². The van der Waals surface area contributed by atoms with Crippen LogP contribution in [0.25, 0.3) is 5.69 Å². The molecule has 1 unspecified atom stereocenters. The first kappa shape index (κ1) is 14.6. The quantitative estimate of drug-likeness (QED) is 0.786. The number of aromatic nitrogens is 6. The van der Waals surface area contributed by atoms with Crippen molar-refractivity contribution in [2.75, 3.05) is 13.1 Å². The first-order valence-electron chi connectivity index (χ1n) is 7.93. The molecular formula is C16H17N7O. The average Bonchev–Trinajstić information content (AvgIpc) is 3.34. The van der Waals surface area contributed by atoms with Gasteiger partial charge in [-0.1, -0.05) is 23.4 Å². The van der Waals surface area contributed by atoms with E-state index in [9.17, 15) is 4.79 Å². The van der Waals surface area contributed by atoms with Crippen LogP contribution >= 0.6 is 0 Å². The summed E-state index contributed by atoms with van der Waals surface area (Å²) in [4.78, 5) is 19.0. The lowest BCUT2D eigenvalue weighted by Crippen LogP contribution is -2.40. The number of carbonyl (C=O) groups is 1. The highest BCUT2D eigenvalue weighted by molar-refractivity contribution is 5.93. The molecule has 1 fully saturated rings. The van der Waals surface area contributed by atoms with Crippen LogP contribution in [0.3, 0.4) is 0 Å². The fourth-order valence-electron chi connectivity index (χ4n) is 3.12. The number of likely N-dealkylation sites (tertiary alicyclic amines) is 1. The van der Waals surface area contributed by atoms with Crippen molar-refractivity contribution < 1.29 is 4.79 Å². The Labute approximate surface area is 138 Å². The van der Waals surface area contributed by atoms with Crippen LogP contribution in [0.2, 0.25) is 0 Å². The number of nitrogens with one attached hydrogen (secondary N) is 1. The highest BCUT2D eigenvalue weighted by Crippen LogP contribution is 2.25. The number of benzene rings is 1. The standard InChI is InChI=1S/C16H17N7O/c24-16(14-9-17-11-23(14)13-6-2-1-3-7-13)22-8-4-5-12(10-22)15-18-20-21-19-15/h1-3,6-7,9,11-12H,4-5,8,10H2,(H,18,19,20,21). The largest absolute Gasteiger partial charge is 0.337 e. The van der Waals surface area contributed by atoms with E-state index in [1.807, 2.05) is 39.8 Å². The zero-order chi connectivity index (χ0) is 16.4. The van der Waals surface area contributed by atoms with Gasteiger partial charge in [0.15, 0.2) is 5.82 Å². The lowest BCUT2D eigenvalue weighted by Gasteiger charge is -2.31. The normalized spacial score (nSPS) is 17.8. The van der Waals surface area contributed by atoms with Gasteiger partial charge in [0.25, 0.3) is 5.91 Å². The van der Waals surface area contributed by atoms with E-state index in [2.05, 4.69) is 25.6 Å². The molecule has 4 rings (SSSR count). The SMILES string of the molecule is O=C(c1cncn1-c1ccccc1)N1CCCC(c2nn[nH]n2)C1. The van der Waals surface area contributed by atoms with Gasteiger partial charge in [-0.15, -0.1) is 10.2 Å². The lowest BCUT2D eigenvalue weighted by molar-refractivity contribution is 0.0696. The van der Waals surface area contributed by atoms with Crippen LogP contribution < -0.4 is 0 Å². The number of tetrazole rings is 1. The van der Waals surface area contributed by atoms with Crippen molar-refractivity contribution in [2.45, 2.75) is 18.8 Å². The zero-order valence-corrected chi connectivity index (χ0v) is 13.0. The summed E-state index contributed by atoms with van der Waals surface area (Å²) in [6, 6.07) is 9.74. The minimum absolute atomic E-state index is 0.0236. The van der Waals surface area contributed by atoms with E-state index >= 15 is 0 Å². The maximum absolute atomic E-state index is 13.0. The Bertz CT molecular complexity index is 812. The third-order valence-corrected chi connectivity index (χ3v) is 4.33. The number of carbonyl (C=O) groups excluding carboxylic acids is 1. The van der Waals surface area contributed by atoms with Gasteiger partial charge in [0.1, 0.15) is 5.69 Å². The molecule has 3 heterocycles. The molecule has 1 N–H and O–H groups in total. The molecule has 3 aromatic rings. The Morgan fingerprint density at radius 3 is 2.92 bits per heavy atom. The van der Waals surface area contributed by atoms with E-state index < -0.39 is 0 Å². The van der Waals surface area contributed by atoms with Crippen LogP contribution in [-0.4, -0.2) is 54.1 Å². The number of hydrogen-bond donors (Lipinski definition) is 1. The summed E-state index contributed by atoms with van der Waals surface area (Å²) >= 11 is 0. The summed E-state index contributed by atoms with van der Waals surface area (Å²) < 4.78 is 1.82. The van der Waals surface area contributed by atoms with Crippen LogP contribution in [0, 0.1) is 0 Å². The number of H-pyrrole nitrogens is 1. The Morgan fingerprint density at radius 1 is 1.25 bits per heavy atom. The number of imidazole rings is 1. The van der Waals surface area contributed by atoms with E-state index in [4.69, 9.17) is 0 Å². The molecule has 0 bridgehead atoms.